The monoisotopic (exact) mass is 252 g/mol. The highest BCUT2D eigenvalue weighted by molar-refractivity contribution is 5.75. The molecule has 5 heteroatoms. The number of nitriles is 1. The van der Waals surface area contributed by atoms with Crippen LogP contribution in [0.15, 0.2) is 0 Å². The van der Waals surface area contributed by atoms with E-state index in [0.29, 0.717) is 6.42 Å². The molecule has 0 saturated carbocycles. The van der Waals surface area contributed by atoms with E-state index in [2.05, 4.69) is 28.1 Å². The molecule has 1 heterocycles. The Morgan fingerprint density at radius 3 is 2.56 bits per heavy atom. The van der Waals surface area contributed by atoms with Gasteiger partial charge in [0.05, 0.1) is 12.1 Å². The molecular weight excluding hydrogens is 228 g/mol. The van der Waals surface area contributed by atoms with E-state index in [4.69, 9.17) is 5.26 Å². The lowest BCUT2D eigenvalue weighted by atomic mass is 10.1. The summed E-state index contributed by atoms with van der Waals surface area (Å²) in [5.41, 5.74) is 0. The molecule has 0 radical (unpaired) electrons. The highest BCUT2D eigenvalue weighted by Crippen LogP contribution is 2.10. The zero-order chi connectivity index (χ0) is 13.4. The fourth-order valence-corrected chi connectivity index (χ4v) is 2.29. The van der Waals surface area contributed by atoms with Crippen molar-refractivity contribution in [1.82, 2.24) is 15.1 Å². The Hall–Kier alpha value is -1.12. The summed E-state index contributed by atoms with van der Waals surface area (Å²) in [4.78, 5) is 15.7. The molecule has 0 aromatic heterocycles. The van der Waals surface area contributed by atoms with Crippen molar-refractivity contribution in [2.45, 2.75) is 32.2 Å². The molecule has 0 bridgehead atoms. The molecule has 0 aliphatic carbocycles. The van der Waals surface area contributed by atoms with Crippen molar-refractivity contribution in [3.05, 3.63) is 0 Å². The number of carbonyl (C=O) groups excluding carboxylic acids is 1. The predicted molar refractivity (Wildman–Crippen MR) is 71.0 cm³/mol. The summed E-state index contributed by atoms with van der Waals surface area (Å²) in [5, 5.41) is 11.8. The Morgan fingerprint density at radius 1 is 1.39 bits per heavy atom. The lowest BCUT2D eigenvalue weighted by Gasteiger charge is -2.36. The van der Waals surface area contributed by atoms with Gasteiger partial charge in [0.15, 0.2) is 0 Å². The highest BCUT2D eigenvalue weighted by Gasteiger charge is 2.22. The minimum Gasteiger partial charge on any atom is -0.359 e. The van der Waals surface area contributed by atoms with Crippen LogP contribution in [0, 0.1) is 11.3 Å². The Kier molecular flexibility index (Phi) is 6.69. The first kappa shape index (κ1) is 14.9. The van der Waals surface area contributed by atoms with Gasteiger partial charge in [-0.2, -0.15) is 5.26 Å². The summed E-state index contributed by atoms with van der Waals surface area (Å²) in [6, 6.07) is 2.46. The minimum absolute atomic E-state index is 0.0658. The van der Waals surface area contributed by atoms with Crippen molar-refractivity contribution in [3.63, 3.8) is 0 Å². The van der Waals surface area contributed by atoms with Crippen LogP contribution in [-0.2, 0) is 4.79 Å². The van der Waals surface area contributed by atoms with Crippen LogP contribution in [0.3, 0.4) is 0 Å². The molecule has 1 N–H and O–H groups in total. The van der Waals surface area contributed by atoms with Gasteiger partial charge in [-0.25, -0.2) is 0 Å². The van der Waals surface area contributed by atoms with Crippen molar-refractivity contribution < 1.29 is 4.79 Å². The van der Waals surface area contributed by atoms with Gasteiger partial charge in [0, 0.05) is 46.2 Å². The molecule has 1 rings (SSSR count). The summed E-state index contributed by atoms with van der Waals surface area (Å²) < 4.78 is 0. The Balaban J connectivity index is 2.28. The summed E-state index contributed by atoms with van der Waals surface area (Å²) >= 11 is 0. The first-order valence-corrected chi connectivity index (χ1v) is 6.77. The fraction of sp³-hybridized carbons (Fsp3) is 0.846. The smallest absolute Gasteiger partial charge is 0.221 e. The third-order valence-corrected chi connectivity index (χ3v) is 3.49. The Labute approximate surface area is 110 Å². The molecule has 1 aliphatic heterocycles. The van der Waals surface area contributed by atoms with E-state index >= 15 is 0 Å². The van der Waals surface area contributed by atoms with E-state index in [1.165, 1.54) is 0 Å². The van der Waals surface area contributed by atoms with Crippen LogP contribution in [0.1, 0.15) is 26.2 Å². The maximum absolute atomic E-state index is 11.2. The lowest BCUT2D eigenvalue weighted by Crippen LogP contribution is -2.50. The zero-order valence-corrected chi connectivity index (χ0v) is 11.5. The van der Waals surface area contributed by atoms with E-state index in [-0.39, 0.29) is 11.9 Å². The molecule has 1 fully saturated rings. The maximum atomic E-state index is 11.2. The first-order valence-electron chi connectivity index (χ1n) is 6.77. The van der Waals surface area contributed by atoms with E-state index < -0.39 is 0 Å². The number of rotatable bonds is 6. The highest BCUT2D eigenvalue weighted by atomic mass is 16.1. The van der Waals surface area contributed by atoms with Crippen molar-refractivity contribution in [3.8, 4) is 6.07 Å². The standard InChI is InChI=1S/C13H24N4O/c1-3-4-12(11-14)17-9-7-16(8-10-17)6-5-13(18)15-2/h12H,3-10H2,1-2H3,(H,15,18). The summed E-state index contributed by atoms with van der Waals surface area (Å²) in [5.74, 6) is 0.0957. The van der Waals surface area contributed by atoms with Gasteiger partial charge in [0.25, 0.3) is 0 Å². The second-order valence-electron chi connectivity index (χ2n) is 4.73. The Morgan fingerprint density at radius 2 is 2.06 bits per heavy atom. The van der Waals surface area contributed by atoms with Crippen molar-refractivity contribution in [1.29, 1.82) is 5.26 Å². The topological polar surface area (TPSA) is 59.4 Å². The number of nitrogens with one attached hydrogen (secondary N) is 1. The second-order valence-corrected chi connectivity index (χ2v) is 4.73. The van der Waals surface area contributed by atoms with Crippen molar-refractivity contribution in [2.75, 3.05) is 39.8 Å². The zero-order valence-electron chi connectivity index (χ0n) is 11.5. The van der Waals surface area contributed by atoms with Crippen LogP contribution in [0.25, 0.3) is 0 Å². The molecule has 102 valence electrons. The van der Waals surface area contributed by atoms with Gasteiger partial charge in [-0.05, 0) is 6.42 Å². The molecule has 0 aromatic carbocycles. The average Bonchev–Trinajstić information content (AvgIpc) is 2.42. The number of hydrogen-bond donors (Lipinski definition) is 1. The summed E-state index contributed by atoms with van der Waals surface area (Å²) in [6.45, 7) is 6.72. The van der Waals surface area contributed by atoms with Crippen LogP contribution < -0.4 is 5.32 Å². The van der Waals surface area contributed by atoms with Gasteiger partial charge in [0.1, 0.15) is 0 Å². The minimum atomic E-state index is 0.0658. The fourth-order valence-electron chi connectivity index (χ4n) is 2.29. The lowest BCUT2D eigenvalue weighted by molar-refractivity contribution is -0.121. The molecular formula is C13H24N4O. The normalized spacial score (nSPS) is 19.2. The van der Waals surface area contributed by atoms with Crippen molar-refractivity contribution >= 4 is 5.91 Å². The quantitative estimate of drug-likeness (QED) is 0.745. The number of nitrogens with zero attached hydrogens (tertiary/aromatic N) is 3. The predicted octanol–water partition coefficient (Wildman–Crippen LogP) is 0.432. The molecule has 1 amide bonds. The number of piperazine rings is 1. The maximum Gasteiger partial charge on any atom is 0.221 e. The molecule has 0 aromatic rings. The van der Waals surface area contributed by atoms with Crippen LogP contribution in [0.2, 0.25) is 0 Å². The Bertz CT molecular complexity index is 292. The second kappa shape index (κ2) is 8.06. The molecule has 18 heavy (non-hydrogen) atoms. The van der Waals surface area contributed by atoms with E-state index in [0.717, 1.165) is 45.6 Å². The van der Waals surface area contributed by atoms with Crippen molar-refractivity contribution in [2.24, 2.45) is 0 Å². The van der Waals surface area contributed by atoms with Crippen LogP contribution in [0.4, 0.5) is 0 Å². The van der Waals surface area contributed by atoms with Crippen LogP contribution in [-0.4, -0.2) is 61.5 Å². The van der Waals surface area contributed by atoms with Crippen LogP contribution >= 0.6 is 0 Å². The summed E-state index contributed by atoms with van der Waals surface area (Å²) in [7, 11) is 1.67. The van der Waals surface area contributed by atoms with Crippen LogP contribution in [0.5, 0.6) is 0 Å². The van der Waals surface area contributed by atoms with E-state index in [1.54, 1.807) is 7.05 Å². The van der Waals surface area contributed by atoms with E-state index in [1.807, 2.05) is 0 Å². The van der Waals surface area contributed by atoms with Gasteiger partial charge in [-0.1, -0.05) is 13.3 Å². The molecule has 1 aliphatic rings. The molecule has 1 unspecified atom stereocenters. The average molecular weight is 252 g/mol. The van der Waals surface area contributed by atoms with Gasteiger partial charge in [-0.3, -0.25) is 9.69 Å². The largest absolute Gasteiger partial charge is 0.359 e. The molecule has 1 atom stereocenters. The summed E-state index contributed by atoms with van der Waals surface area (Å²) in [6.07, 6.45) is 2.57. The number of amides is 1. The number of carbonyl (C=O) groups is 1. The third-order valence-electron chi connectivity index (χ3n) is 3.49. The van der Waals surface area contributed by atoms with E-state index in [9.17, 15) is 4.79 Å². The third kappa shape index (κ3) is 4.63. The first-order chi connectivity index (χ1) is 8.71. The van der Waals surface area contributed by atoms with Gasteiger partial charge in [-0.15, -0.1) is 0 Å². The molecule has 1 saturated heterocycles. The molecule has 5 nitrogen and oxygen atoms in total. The van der Waals surface area contributed by atoms with Gasteiger partial charge >= 0.3 is 0 Å². The molecule has 0 spiro atoms. The number of hydrogen-bond acceptors (Lipinski definition) is 4. The van der Waals surface area contributed by atoms with Gasteiger partial charge < -0.3 is 10.2 Å². The van der Waals surface area contributed by atoms with Gasteiger partial charge in [0.2, 0.25) is 5.91 Å². The SMILES string of the molecule is CCCC(C#N)N1CCN(CCC(=O)NC)CC1.